The number of nitrogens with zero attached hydrogens (tertiary/aromatic N) is 4. The third kappa shape index (κ3) is 6.02. The van der Waals surface area contributed by atoms with E-state index in [0.717, 1.165) is 36.8 Å². The maximum Gasteiger partial charge on any atom is 0.411 e. The van der Waals surface area contributed by atoms with E-state index in [1.807, 2.05) is 90.1 Å². The predicted molar refractivity (Wildman–Crippen MR) is 182 cm³/mol. The second kappa shape index (κ2) is 11.4. The van der Waals surface area contributed by atoms with Crippen molar-refractivity contribution >= 4 is 12.2 Å². The monoisotopic (exact) mass is 684 g/mol. The smallest absolute Gasteiger partial charge is 0.411 e. The average molecular weight is 685 g/mol. The van der Waals surface area contributed by atoms with Crippen LogP contribution in [0.2, 0.25) is 0 Å². The summed E-state index contributed by atoms with van der Waals surface area (Å²) in [6.45, 7) is 11.0. The highest BCUT2D eigenvalue weighted by atomic mass is 19.1. The molecule has 2 aromatic heterocycles. The van der Waals surface area contributed by atoms with E-state index in [9.17, 15) is 9.59 Å². The van der Waals surface area contributed by atoms with Gasteiger partial charge in [-0.05, 0) is 90.2 Å². The summed E-state index contributed by atoms with van der Waals surface area (Å²) in [5, 5.41) is 0. The number of hydrogen-bond acceptors (Lipinski definition) is 6. The number of aromatic nitrogens is 4. The SMILES string of the molecule is CC(C)(C)OC(=O)N1C2CC2C[C@H]1c1nc(-c2ccc(-c3ccc(-c4nc([C@@H]5C[C@H]6C[C@H]6N5C(=O)OC(C)(C)C)[nH]c4F)cc3)cc2)c(F)[nH]1. The second-order valence-electron chi connectivity index (χ2n) is 16.1. The minimum Gasteiger partial charge on any atom is -0.444 e. The van der Waals surface area contributed by atoms with E-state index in [0.29, 0.717) is 34.6 Å². The molecule has 2 amide bonds. The lowest BCUT2D eigenvalue weighted by Gasteiger charge is -2.29. The maximum atomic E-state index is 15.2. The van der Waals surface area contributed by atoms with Crippen LogP contribution in [0.15, 0.2) is 48.5 Å². The van der Waals surface area contributed by atoms with Gasteiger partial charge in [-0.2, -0.15) is 8.78 Å². The molecule has 8 rings (SSSR count). The van der Waals surface area contributed by atoms with Crippen molar-refractivity contribution in [1.82, 2.24) is 29.7 Å². The van der Waals surface area contributed by atoms with Gasteiger partial charge in [0, 0.05) is 23.2 Å². The second-order valence-corrected chi connectivity index (χ2v) is 16.1. The number of amides is 2. The molecule has 0 radical (unpaired) electrons. The number of hydrogen-bond donors (Lipinski definition) is 2. The van der Waals surface area contributed by atoms with Crippen molar-refractivity contribution < 1.29 is 27.8 Å². The van der Waals surface area contributed by atoms with Gasteiger partial charge in [0.2, 0.25) is 11.9 Å². The van der Waals surface area contributed by atoms with Crippen molar-refractivity contribution in [2.24, 2.45) is 11.8 Å². The number of piperidine rings is 2. The van der Waals surface area contributed by atoms with Crippen LogP contribution in [0.5, 0.6) is 0 Å². The molecule has 2 saturated carbocycles. The van der Waals surface area contributed by atoms with Gasteiger partial charge in [0.1, 0.15) is 34.2 Å². The molecule has 2 saturated heterocycles. The van der Waals surface area contributed by atoms with E-state index in [1.165, 1.54) is 0 Å². The number of imidazole rings is 2. The number of ether oxygens (including phenoxy) is 2. The molecule has 2 N–H and O–H groups in total. The van der Waals surface area contributed by atoms with E-state index in [1.54, 1.807) is 9.80 Å². The Labute approximate surface area is 289 Å². The van der Waals surface area contributed by atoms with Gasteiger partial charge in [0.15, 0.2) is 0 Å². The zero-order valence-electron chi connectivity index (χ0n) is 29.1. The largest absolute Gasteiger partial charge is 0.444 e. The Bertz CT molecular complexity index is 1820. The van der Waals surface area contributed by atoms with Crippen molar-refractivity contribution in [2.45, 2.75) is 103 Å². The van der Waals surface area contributed by atoms with Crippen LogP contribution in [0.3, 0.4) is 0 Å². The summed E-state index contributed by atoms with van der Waals surface area (Å²) >= 11 is 0. The van der Waals surface area contributed by atoms with E-state index in [2.05, 4.69) is 19.9 Å². The number of halogens is 2. The molecule has 2 aliphatic carbocycles. The number of nitrogens with one attached hydrogen (secondary N) is 2. The van der Waals surface area contributed by atoms with Crippen molar-refractivity contribution in [3.63, 3.8) is 0 Å². The Morgan fingerprint density at radius 2 is 0.960 bits per heavy atom. The molecule has 0 spiro atoms. The van der Waals surface area contributed by atoms with Gasteiger partial charge in [-0.1, -0.05) is 48.5 Å². The fourth-order valence-corrected chi connectivity index (χ4v) is 7.63. The topological polar surface area (TPSA) is 116 Å². The summed E-state index contributed by atoms with van der Waals surface area (Å²) in [7, 11) is 0. The highest BCUT2D eigenvalue weighted by molar-refractivity contribution is 5.73. The van der Waals surface area contributed by atoms with Gasteiger partial charge in [-0.25, -0.2) is 19.6 Å². The number of H-pyrrole nitrogens is 2. The lowest BCUT2D eigenvalue weighted by atomic mass is 10.0. The van der Waals surface area contributed by atoms with Crippen molar-refractivity contribution in [1.29, 1.82) is 0 Å². The summed E-state index contributed by atoms with van der Waals surface area (Å²) < 4.78 is 41.8. The lowest BCUT2D eigenvalue weighted by Crippen LogP contribution is -2.38. The number of likely N-dealkylation sites (tertiary alicyclic amines) is 2. The molecule has 50 heavy (non-hydrogen) atoms. The molecule has 12 heteroatoms. The van der Waals surface area contributed by atoms with Crippen LogP contribution in [-0.4, -0.2) is 65.2 Å². The van der Waals surface area contributed by atoms with Gasteiger partial charge >= 0.3 is 12.2 Å². The Kier molecular flexibility index (Phi) is 7.40. The quantitative estimate of drug-likeness (QED) is 0.218. The Morgan fingerprint density at radius 3 is 1.30 bits per heavy atom. The summed E-state index contributed by atoms with van der Waals surface area (Å²) in [6.07, 6.45) is 2.52. The molecule has 4 aromatic rings. The van der Waals surface area contributed by atoms with Crippen molar-refractivity contribution in [2.75, 3.05) is 0 Å². The van der Waals surface area contributed by atoms with E-state index >= 15 is 8.78 Å². The third-order valence-electron chi connectivity index (χ3n) is 10.1. The summed E-state index contributed by atoms with van der Waals surface area (Å²) in [5.41, 5.74) is 2.13. The summed E-state index contributed by atoms with van der Waals surface area (Å²) in [4.78, 5) is 44.3. The van der Waals surface area contributed by atoms with E-state index < -0.39 is 35.3 Å². The third-order valence-corrected chi connectivity index (χ3v) is 10.1. The predicted octanol–water partition coefficient (Wildman–Crippen LogP) is 8.55. The van der Waals surface area contributed by atoms with Gasteiger partial charge in [0.25, 0.3) is 0 Å². The molecule has 2 aliphatic heterocycles. The molecule has 2 unspecified atom stereocenters. The molecular weight excluding hydrogens is 642 g/mol. The van der Waals surface area contributed by atoms with E-state index in [-0.39, 0.29) is 35.6 Å². The van der Waals surface area contributed by atoms with Gasteiger partial charge < -0.3 is 19.4 Å². The first-order chi connectivity index (χ1) is 23.6. The molecule has 0 bridgehead atoms. The number of aromatic amines is 2. The Morgan fingerprint density at radius 1 is 0.620 bits per heavy atom. The van der Waals surface area contributed by atoms with Crippen LogP contribution in [0.25, 0.3) is 33.6 Å². The van der Waals surface area contributed by atoms with Crippen LogP contribution >= 0.6 is 0 Å². The molecule has 4 heterocycles. The van der Waals surface area contributed by atoms with Gasteiger partial charge in [-0.15, -0.1) is 0 Å². The highest BCUT2D eigenvalue weighted by Gasteiger charge is 2.57. The van der Waals surface area contributed by atoms with Crippen molar-refractivity contribution in [3.8, 4) is 33.6 Å². The Balaban J connectivity index is 0.968. The number of carbonyl (C=O) groups is 2. The first kappa shape index (κ1) is 32.5. The summed E-state index contributed by atoms with van der Waals surface area (Å²) in [5.74, 6) is 0.511. The lowest BCUT2D eigenvalue weighted by molar-refractivity contribution is 0.0164. The molecular formula is C38H42F2N6O4. The molecule has 6 atom stereocenters. The molecule has 2 aromatic carbocycles. The standard InChI is InChI=1S/C38H42F2N6O4/c1-37(2,3)49-35(47)45-25-15-23(25)17-27(45)33-41-29(31(39)43-33)21-11-7-19(8-12-21)20-9-13-22(14-10-20)30-32(40)44-34(42-30)28-18-24-16-26(24)46(28)36(48)50-38(4,5)6/h7-14,23-28H,15-18H2,1-6H3,(H,41,43)(H,42,44)/t23-,24?,25-,26?,27+,28+/m1/s1. The van der Waals surface area contributed by atoms with Gasteiger partial charge in [0.05, 0.1) is 12.1 Å². The normalized spacial score (nSPS) is 25.4. The number of carbonyl (C=O) groups excluding carboxylic acids is 2. The zero-order chi connectivity index (χ0) is 35.3. The van der Waals surface area contributed by atoms with Crippen LogP contribution in [0, 0.1) is 23.7 Å². The number of fused-ring (bicyclic) bond motifs is 2. The number of rotatable bonds is 5. The maximum absolute atomic E-state index is 15.2. The first-order valence-electron chi connectivity index (χ1n) is 17.4. The average Bonchev–Trinajstić information content (AvgIpc) is 3.73. The fourth-order valence-electron chi connectivity index (χ4n) is 7.63. The van der Waals surface area contributed by atoms with Crippen LogP contribution < -0.4 is 0 Å². The molecule has 4 fully saturated rings. The molecule has 10 nitrogen and oxygen atoms in total. The molecule has 4 aliphatic rings. The first-order valence-corrected chi connectivity index (χ1v) is 17.4. The van der Waals surface area contributed by atoms with Crippen LogP contribution in [0.4, 0.5) is 18.4 Å². The Hall–Kier alpha value is -4.74. The van der Waals surface area contributed by atoms with Crippen molar-refractivity contribution in [3.05, 3.63) is 72.1 Å². The summed E-state index contributed by atoms with van der Waals surface area (Å²) in [6, 6.07) is 14.3. The zero-order valence-corrected chi connectivity index (χ0v) is 29.1. The highest BCUT2D eigenvalue weighted by Crippen LogP contribution is 2.54. The van der Waals surface area contributed by atoms with Crippen LogP contribution in [0.1, 0.15) is 91.0 Å². The fraction of sp³-hybridized carbons (Fsp3) is 0.474. The van der Waals surface area contributed by atoms with Crippen LogP contribution in [-0.2, 0) is 9.47 Å². The molecule has 262 valence electrons. The van der Waals surface area contributed by atoms with Gasteiger partial charge in [-0.3, -0.25) is 9.80 Å². The van der Waals surface area contributed by atoms with E-state index in [4.69, 9.17) is 9.47 Å². The minimum absolute atomic E-state index is 0.107. The minimum atomic E-state index is -0.628. The number of benzene rings is 2.